The number of imidazole rings is 1. The molecule has 0 spiro atoms. The summed E-state index contributed by atoms with van der Waals surface area (Å²) in [6.07, 6.45) is 1.99. The molecule has 4 aromatic rings. The molecule has 2 aromatic carbocycles. The highest BCUT2D eigenvalue weighted by Gasteiger charge is 2.08. The molecule has 92 valence electrons. The Hall–Kier alpha value is -2.20. The first-order valence-electron chi connectivity index (χ1n) is 6.11. The lowest BCUT2D eigenvalue weighted by molar-refractivity contribution is 0.946. The Morgan fingerprint density at radius 2 is 1.89 bits per heavy atom. The Kier molecular flexibility index (Phi) is 2.19. The molecule has 0 N–H and O–H groups in total. The molecule has 0 bridgehead atoms. The molecular formula is C15H11N3S. The van der Waals surface area contributed by atoms with Gasteiger partial charge in [0.25, 0.3) is 0 Å². The standard InChI is InChI=1S/C15H11N3S/c1-10-17-18-9-14(16-15(18)19-10)13-7-6-11-4-2-3-5-12(11)8-13/h2-9H,1H3. The molecule has 3 nitrogen and oxygen atoms in total. The van der Waals surface area contributed by atoms with Crippen LogP contribution in [0.1, 0.15) is 5.01 Å². The number of aryl methyl sites for hydroxylation is 1. The Bertz CT molecular complexity index is 857. The van der Waals surface area contributed by atoms with Gasteiger partial charge in [0.2, 0.25) is 4.96 Å². The number of benzene rings is 2. The smallest absolute Gasteiger partial charge is 0.212 e. The second kappa shape index (κ2) is 3.90. The lowest BCUT2D eigenvalue weighted by Crippen LogP contribution is -1.81. The topological polar surface area (TPSA) is 30.2 Å². The summed E-state index contributed by atoms with van der Waals surface area (Å²) in [5.74, 6) is 0. The Morgan fingerprint density at radius 3 is 2.74 bits per heavy atom. The summed E-state index contributed by atoms with van der Waals surface area (Å²) in [5, 5.41) is 7.92. The Labute approximate surface area is 114 Å². The number of hydrogen-bond acceptors (Lipinski definition) is 3. The van der Waals surface area contributed by atoms with Crippen LogP contribution in [0.4, 0.5) is 0 Å². The Morgan fingerprint density at radius 1 is 1.05 bits per heavy atom. The lowest BCUT2D eigenvalue weighted by atomic mass is 10.1. The minimum absolute atomic E-state index is 0.945. The summed E-state index contributed by atoms with van der Waals surface area (Å²) >= 11 is 1.61. The largest absolute Gasteiger partial charge is 0.217 e. The summed E-state index contributed by atoms with van der Waals surface area (Å²) in [6, 6.07) is 14.8. The third-order valence-corrected chi connectivity index (χ3v) is 4.03. The van der Waals surface area contributed by atoms with Crippen LogP contribution >= 0.6 is 11.3 Å². The highest BCUT2D eigenvalue weighted by atomic mass is 32.1. The van der Waals surface area contributed by atoms with E-state index in [9.17, 15) is 0 Å². The zero-order chi connectivity index (χ0) is 12.8. The summed E-state index contributed by atoms with van der Waals surface area (Å²) in [6.45, 7) is 2.00. The van der Waals surface area contributed by atoms with E-state index in [0.29, 0.717) is 0 Å². The van der Waals surface area contributed by atoms with Crippen molar-refractivity contribution in [2.45, 2.75) is 6.92 Å². The van der Waals surface area contributed by atoms with E-state index in [1.165, 1.54) is 10.8 Å². The van der Waals surface area contributed by atoms with E-state index >= 15 is 0 Å². The monoisotopic (exact) mass is 265 g/mol. The maximum atomic E-state index is 4.63. The van der Waals surface area contributed by atoms with Crippen molar-refractivity contribution in [1.29, 1.82) is 0 Å². The molecule has 0 radical (unpaired) electrons. The average molecular weight is 265 g/mol. The van der Waals surface area contributed by atoms with Crippen LogP contribution in [0.25, 0.3) is 27.0 Å². The number of hydrogen-bond donors (Lipinski definition) is 0. The van der Waals surface area contributed by atoms with Gasteiger partial charge < -0.3 is 0 Å². The normalized spacial score (nSPS) is 11.4. The van der Waals surface area contributed by atoms with E-state index in [1.807, 2.05) is 17.6 Å². The molecule has 0 fully saturated rings. The molecule has 19 heavy (non-hydrogen) atoms. The third kappa shape index (κ3) is 1.72. The summed E-state index contributed by atoms with van der Waals surface area (Å²) in [4.78, 5) is 5.57. The maximum absolute atomic E-state index is 4.63. The number of aromatic nitrogens is 3. The van der Waals surface area contributed by atoms with Gasteiger partial charge in [-0.3, -0.25) is 0 Å². The molecule has 0 saturated carbocycles. The summed E-state index contributed by atoms with van der Waals surface area (Å²) in [5.41, 5.74) is 2.11. The van der Waals surface area contributed by atoms with Crippen LogP contribution < -0.4 is 0 Å². The van der Waals surface area contributed by atoms with Crippen molar-refractivity contribution >= 4 is 27.1 Å². The molecule has 4 rings (SSSR count). The fourth-order valence-corrected chi connectivity index (χ4v) is 3.01. The van der Waals surface area contributed by atoms with Gasteiger partial charge in [-0.15, -0.1) is 0 Å². The third-order valence-electron chi connectivity index (χ3n) is 3.19. The van der Waals surface area contributed by atoms with Crippen molar-refractivity contribution in [3.05, 3.63) is 53.7 Å². The van der Waals surface area contributed by atoms with Crippen LogP contribution in [-0.2, 0) is 0 Å². The highest BCUT2D eigenvalue weighted by molar-refractivity contribution is 7.16. The fraction of sp³-hybridized carbons (Fsp3) is 0.0667. The van der Waals surface area contributed by atoms with E-state index in [1.54, 1.807) is 11.3 Å². The second-order valence-electron chi connectivity index (χ2n) is 4.54. The first kappa shape index (κ1) is 10.7. The van der Waals surface area contributed by atoms with Gasteiger partial charge >= 0.3 is 0 Å². The average Bonchev–Trinajstić information content (AvgIpc) is 2.95. The van der Waals surface area contributed by atoms with Crippen LogP contribution in [-0.4, -0.2) is 14.6 Å². The van der Waals surface area contributed by atoms with Crippen LogP contribution in [0.15, 0.2) is 48.7 Å². The van der Waals surface area contributed by atoms with Crippen molar-refractivity contribution in [3.8, 4) is 11.3 Å². The van der Waals surface area contributed by atoms with Crippen molar-refractivity contribution < 1.29 is 0 Å². The van der Waals surface area contributed by atoms with E-state index in [0.717, 1.165) is 21.2 Å². The van der Waals surface area contributed by atoms with Gasteiger partial charge in [-0.25, -0.2) is 9.50 Å². The zero-order valence-electron chi connectivity index (χ0n) is 10.4. The molecule has 0 aliphatic heterocycles. The predicted octanol–water partition coefficient (Wildman–Crippen LogP) is 3.92. The molecule has 0 aliphatic carbocycles. The minimum atomic E-state index is 0.945. The van der Waals surface area contributed by atoms with E-state index < -0.39 is 0 Å². The van der Waals surface area contributed by atoms with Crippen LogP contribution in [0.3, 0.4) is 0 Å². The van der Waals surface area contributed by atoms with Gasteiger partial charge in [0.1, 0.15) is 5.01 Å². The lowest BCUT2D eigenvalue weighted by Gasteiger charge is -2.00. The highest BCUT2D eigenvalue weighted by Crippen LogP contribution is 2.25. The van der Waals surface area contributed by atoms with Gasteiger partial charge in [0, 0.05) is 5.56 Å². The molecule has 0 aliphatic rings. The maximum Gasteiger partial charge on any atom is 0.212 e. The molecule has 0 saturated heterocycles. The molecule has 0 unspecified atom stereocenters. The molecule has 0 amide bonds. The second-order valence-corrected chi connectivity index (χ2v) is 5.70. The fourth-order valence-electron chi connectivity index (χ4n) is 2.29. The van der Waals surface area contributed by atoms with Crippen LogP contribution in [0, 0.1) is 6.92 Å². The molecule has 2 heterocycles. The number of fused-ring (bicyclic) bond motifs is 2. The van der Waals surface area contributed by atoms with Crippen molar-refractivity contribution in [3.63, 3.8) is 0 Å². The van der Waals surface area contributed by atoms with Gasteiger partial charge in [-0.1, -0.05) is 47.7 Å². The van der Waals surface area contributed by atoms with Crippen LogP contribution in [0.5, 0.6) is 0 Å². The first-order valence-corrected chi connectivity index (χ1v) is 6.93. The zero-order valence-corrected chi connectivity index (χ0v) is 11.2. The Balaban J connectivity index is 1.90. The first-order chi connectivity index (χ1) is 9.29. The van der Waals surface area contributed by atoms with Crippen LogP contribution in [0.2, 0.25) is 0 Å². The summed E-state index contributed by atoms with van der Waals surface area (Å²) < 4.78 is 1.85. The molecular weight excluding hydrogens is 254 g/mol. The minimum Gasteiger partial charge on any atom is -0.217 e. The van der Waals surface area contributed by atoms with E-state index in [-0.39, 0.29) is 0 Å². The quantitative estimate of drug-likeness (QED) is 0.522. The molecule has 2 aromatic heterocycles. The van der Waals surface area contributed by atoms with Gasteiger partial charge in [0.05, 0.1) is 11.9 Å². The van der Waals surface area contributed by atoms with E-state index in [2.05, 4.69) is 52.5 Å². The predicted molar refractivity (Wildman–Crippen MR) is 78.5 cm³/mol. The van der Waals surface area contributed by atoms with E-state index in [4.69, 9.17) is 0 Å². The van der Waals surface area contributed by atoms with Crippen molar-refractivity contribution in [2.75, 3.05) is 0 Å². The SMILES string of the molecule is Cc1nn2cc(-c3ccc4ccccc4c3)nc2s1. The van der Waals surface area contributed by atoms with Gasteiger partial charge in [0.15, 0.2) is 0 Å². The number of nitrogens with zero attached hydrogens (tertiary/aromatic N) is 3. The van der Waals surface area contributed by atoms with Gasteiger partial charge in [-0.05, 0) is 23.8 Å². The van der Waals surface area contributed by atoms with Crippen molar-refractivity contribution in [2.24, 2.45) is 0 Å². The van der Waals surface area contributed by atoms with Gasteiger partial charge in [-0.2, -0.15) is 5.10 Å². The molecule has 0 atom stereocenters. The molecule has 4 heteroatoms. The number of rotatable bonds is 1. The summed E-state index contributed by atoms with van der Waals surface area (Å²) in [7, 11) is 0. The van der Waals surface area contributed by atoms with Crippen molar-refractivity contribution in [1.82, 2.24) is 14.6 Å².